The van der Waals surface area contributed by atoms with Gasteiger partial charge in [-0.3, -0.25) is 4.90 Å². The Balaban J connectivity index is 1.41. The molecule has 4 nitrogen and oxygen atoms in total. The van der Waals surface area contributed by atoms with Crippen molar-refractivity contribution in [2.45, 2.75) is 0 Å². The second kappa shape index (κ2) is 9.54. The first kappa shape index (κ1) is 23.3. The minimum atomic E-state index is 0.815. The lowest BCUT2D eigenvalue weighted by Gasteiger charge is -2.32. The van der Waals surface area contributed by atoms with E-state index in [0.29, 0.717) is 0 Å². The Bertz CT molecular complexity index is 1980. The van der Waals surface area contributed by atoms with Crippen LogP contribution < -0.4 is 4.90 Å². The summed E-state index contributed by atoms with van der Waals surface area (Å²) in [5, 5.41) is 2.34. The molecule has 192 valence electrons. The number of rotatable bonds is 4. The molecule has 4 heteroatoms. The minimum Gasteiger partial charge on any atom is -0.278 e. The molecule has 41 heavy (non-hydrogen) atoms. The standard InChI is InChI=1S/C37H24N4/c1-4-11-25(12-5-1)29-19-28-17-10-18-34-36(28)31(20-29)32-23-38-24-39-37(32)41(34)35-22-30(26-13-6-2-7-14-26)21-33(40-35)27-15-8-3-9-16-27/h1-24H. The first-order valence-electron chi connectivity index (χ1n) is 13.7. The third-order valence-corrected chi connectivity index (χ3v) is 7.71. The minimum absolute atomic E-state index is 0.815. The van der Waals surface area contributed by atoms with Gasteiger partial charge in [0.25, 0.3) is 0 Å². The Morgan fingerprint density at radius 1 is 0.512 bits per heavy atom. The highest BCUT2D eigenvalue weighted by molar-refractivity contribution is 6.14. The van der Waals surface area contributed by atoms with Gasteiger partial charge in [-0.25, -0.2) is 15.0 Å². The van der Waals surface area contributed by atoms with Crippen molar-refractivity contribution in [2.75, 3.05) is 4.90 Å². The maximum atomic E-state index is 5.24. The molecule has 3 heterocycles. The van der Waals surface area contributed by atoms with Gasteiger partial charge in [-0.2, -0.15) is 0 Å². The number of hydrogen-bond acceptors (Lipinski definition) is 4. The first-order valence-corrected chi connectivity index (χ1v) is 13.7. The van der Waals surface area contributed by atoms with Crippen LogP contribution >= 0.6 is 0 Å². The summed E-state index contributed by atoms with van der Waals surface area (Å²) in [4.78, 5) is 16.7. The lowest BCUT2D eigenvalue weighted by atomic mass is 9.90. The van der Waals surface area contributed by atoms with Crippen LogP contribution in [0.25, 0.3) is 55.4 Å². The lowest BCUT2D eigenvalue weighted by molar-refractivity contribution is 1.09. The monoisotopic (exact) mass is 524 g/mol. The van der Waals surface area contributed by atoms with E-state index in [1.165, 1.54) is 21.9 Å². The number of anilines is 3. The Morgan fingerprint density at radius 3 is 1.88 bits per heavy atom. The van der Waals surface area contributed by atoms with Gasteiger partial charge < -0.3 is 0 Å². The van der Waals surface area contributed by atoms with Crippen molar-refractivity contribution in [3.05, 3.63) is 146 Å². The van der Waals surface area contributed by atoms with E-state index in [9.17, 15) is 0 Å². The summed E-state index contributed by atoms with van der Waals surface area (Å²) in [5.41, 5.74) is 9.74. The summed E-state index contributed by atoms with van der Waals surface area (Å²) in [7, 11) is 0. The topological polar surface area (TPSA) is 41.9 Å². The quantitative estimate of drug-likeness (QED) is 0.230. The van der Waals surface area contributed by atoms with Gasteiger partial charge in [0.05, 0.1) is 11.4 Å². The lowest BCUT2D eigenvalue weighted by Crippen LogP contribution is -2.18. The van der Waals surface area contributed by atoms with Crippen molar-refractivity contribution >= 4 is 28.1 Å². The Morgan fingerprint density at radius 2 is 1.17 bits per heavy atom. The molecule has 0 atom stereocenters. The molecule has 0 amide bonds. The molecule has 1 aliphatic heterocycles. The second-order valence-electron chi connectivity index (χ2n) is 10.2. The van der Waals surface area contributed by atoms with Crippen molar-refractivity contribution in [3.63, 3.8) is 0 Å². The Hall–Kier alpha value is -5.61. The van der Waals surface area contributed by atoms with E-state index in [1.807, 2.05) is 24.4 Å². The van der Waals surface area contributed by atoms with E-state index in [0.717, 1.165) is 50.8 Å². The first-order chi connectivity index (χ1) is 20.3. The number of fused-ring (bicyclic) bond motifs is 2. The molecule has 8 rings (SSSR count). The van der Waals surface area contributed by atoms with Crippen molar-refractivity contribution in [1.82, 2.24) is 15.0 Å². The third kappa shape index (κ3) is 3.97. The highest BCUT2D eigenvalue weighted by Crippen LogP contribution is 2.50. The highest BCUT2D eigenvalue weighted by atomic mass is 15.3. The van der Waals surface area contributed by atoms with Gasteiger partial charge in [0, 0.05) is 22.7 Å². The fourth-order valence-electron chi connectivity index (χ4n) is 5.83. The summed E-state index contributed by atoms with van der Waals surface area (Å²) in [6.45, 7) is 0. The van der Waals surface area contributed by atoms with E-state index in [1.54, 1.807) is 6.33 Å². The van der Waals surface area contributed by atoms with Gasteiger partial charge in [0.2, 0.25) is 0 Å². The van der Waals surface area contributed by atoms with E-state index in [2.05, 4.69) is 125 Å². The summed E-state index contributed by atoms with van der Waals surface area (Å²) < 4.78 is 0. The molecule has 1 aliphatic rings. The van der Waals surface area contributed by atoms with E-state index >= 15 is 0 Å². The zero-order valence-electron chi connectivity index (χ0n) is 22.1. The predicted octanol–water partition coefficient (Wildman–Crippen LogP) is 9.48. The molecule has 0 aliphatic carbocycles. The molecular formula is C37H24N4. The molecule has 0 spiro atoms. The van der Waals surface area contributed by atoms with E-state index < -0.39 is 0 Å². The van der Waals surface area contributed by atoms with Gasteiger partial charge in [-0.1, -0.05) is 103 Å². The number of hydrogen-bond donors (Lipinski definition) is 0. The van der Waals surface area contributed by atoms with Gasteiger partial charge in [0.1, 0.15) is 18.0 Å². The fraction of sp³-hybridized carbons (Fsp3) is 0. The normalized spacial score (nSPS) is 11.9. The van der Waals surface area contributed by atoms with Crippen LogP contribution in [0.4, 0.5) is 17.3 Å². The van der Waals surface area contributed by atoms with Crippen molar-refractivity contribution in [2.24, 2.45) is 0 Å². The molecule has 0 N–H and O–H groups in total. The summed E-state index contributed by atoms with van der Waals surface area (Å²) in [6.07, 6.45) is 3.55. The number of nitrogens with zero attached hydrogens (tertiary/aromatic N) is 4. The van der Waals surface area contributed by atoms with Crippen molar-refractivity contribution in [1.29, 1.82) is 0 Å². The van der Waals surface area contributed by atoms with Crippen LogP contribution in [0.2, 0.25) is 0 Å². The zero-order valence-corrected chi connectivity index (χ0v) is 22.1. The molecule has 0 radical (unpaired) electrons. The van der Waals surface area contributed by atoms with Crippen LogP contribution in [0.1, 0.15) is 0 Å². The van der Waals surface area contributed by atoms with Crippen LogP contribution in [0, 0.1) is 0 Å². The molecule has 7 aromatic rings. The average Bonchev–Trinajstić information content (AvgIpc) is 3.06. The van der Waals surface area contributed by atoms with Gasteiger partial charge in [-0.05, 0) is 63.5 Å². The van der Waals surface area contributed by atoms with Crippen LogP contribution in [0.15, 0.2) is 146 Å². The number of pyridine rings is 1. The second-order valence-corrected chi connectivity index (χ2v) is 10.2. The van der Waals surface area contributed by atoms with Gasteiger partial charge >= 0.3 is 0 Å². The molecular weight excluding hydrogens is 500 g/mol. The van der Waals surface area contributed by atoms with Gasteiger partial charge in [0.15, 0.2) is 0 Å². The molecule has 2 aromatic heterocycles. The maximum Gasteiger partial charge on any atom is 0.150 e. The molecule has 0 fully saturated rings. The molecule has 0 saturated heterocycles. The Labute approximate surface area is 238 Å². The van der Waals surface area contributed by atoms with E-state index in [4.69, 9.17) is 9.97 Å². The zero-order chi connectivity index (χ0) is 27.2. The van der Waals surface area contributed by atoms with Crippen LogP contribution in [0.3, 0.4) is 0 Å². The maximum absolute atomic E-state index is 5.24. The summed E-state index contributed by atoms with van der Waals surface area (Å²) in [6, 6.07) is 46.7. The largest absolute Gasteiger partial charge is 0.278 e. The molecule has 0 unspecified atom stereocenters. The Kier molecular flexibility index (Phi) is 5.42. The third-order valence-electron chi connectivity index (χ3n) is 7.71. The summed E-state index contributed by atoms with van der Waals surface area (Å²) in [5.74, 6) is 1.64. The van der Waals surface area contributed by atoms with Gasteiger partial charge in [-0.15, -0.1) is 0 Å². The number of aromatic nitrogens is 3. The highest BCUT2D eigenvalue weighted by Gasteiger charge is 2.29. The SMILES string of the molecule is c1ccc(-c2cc(-c3ccccc3)nc(N3c4ncncc4-c4cc(-c5ccccc5)cc5cccc3c45)c2)cc1. The molecule has 5 aromatic carbocycles. The van der Waals surface area contributed by atoms with Crippen LogP contribution in [-0.4, -0.2) is 15.0 Å². The smallest absolute Gasteiger partial charge is 0.150 e. The van der Waals surface area contributed by atoms with Crippen LogP contribution in [-0.2, 0) is 0 Å². The molecule has 0 bridgehead atoms. The predicted molar refractivity (Wildman–Crippen MR) is 167 cm³/mol. The van der Waals surface area contributed by atoms with Crippen molar-refractivity contribution < 1.29 is 0 Å². The summed E-state index contributed by atoms with van der Waals surface area (Å²) >= 11 is 0. The fourth-order valence-corrected chi connectivity index (χ4v) is 5.83. The molecule has 0 saturated carbocycles. The van der Waals surface area contributed by atoms with Crippen LogP contribution in [0.5, 0.6) is 0 Å². The van der Waals surface area contributed by atoms with Crippen molar-refractivity contribution in [3.8, 4) is 44.6 Å². The average molecular weight is 525 g/mol. The number of benzene rings is 5. The van der Waals surface area contributed by atoms with E-state index in [-0.39, 0.29) is 0 Å².